The minimum Gasteiger partial charge on any atom is -0.390 e. The second kappa shape index (κ2) is 3.49. The molecule has 0 unspecified atom stereocenters. The van der Waals surface area contributed by atoms with Crippen LogP contribution in [-0.4, -0.2) is 10.1 Å². The zero-order valence-corrected chi connectivity index (χ0v) is 6.96. The van der Waals surface area contributed by atoms with Crippen LogP contribution in [0, 0.1) is 6.92 Å². The van der Waals surface area contributed by atoms with Gasteiger partial charge in [0.25, 0.3) is 0 Å². The van der Waals surface area contributed by atoms with E-state index in [-0.39, 0.29) is 6.61 Å². The Morgan fingerprint density at radius 2 is 2.27 bits per heavy atom. The van der Waals surface area contributed by atoms with Gasteiger partial charge in [0.05, 0.1) is 12.3 Å². The summed E-state index contributed by atoms with van der Waals surface area (Å²) in [5, 5.41) is 8.91. The topological polar surface area (TPSA) is 33.1 Å². The number of rotatable bonds is 2. The maximum absolute atomic E-state index is 8.91. The molecule has 1 N–H and O–H groups in total. The van der Waals surface area contributed by atoms with Gasteiger partial charge in [-0.15, -0.1) is 0 Å². The Hall–Kier alpha value is -0.890. The van der Waals surface area contributed by atoms with Crippen LogP contribution in [-0.2, 0) is 13.0 Å². The van der Waals surface area contributed by atoms with Crippen LogP contribution < -0.4 is 0 Å². The van der Waals surface area contributed by atoms with Gasteiger partial charge in [-0.3, -0.25) is 4.98 Å². The highest BCUT2D eigenvalue weighted by atomic mass is 16.3. The quantitative estimate of drug-likeness (QED) is 0.693. The van der Waals surface area contributed by atoms with Crippen molar-refractivity contribution in [2.24, 2.45) is 0 Å². The van der Waals surface area contributed by atoms with Crippen LogP contribution in [0.1, 0.15) is 23.7 Å². The number of nitrogens with zero attached hydrogens (tertiary/aromatic N) is 1. The fourth-order valence-electron chi connectivity index (χ4n) is 1.26. The average molecular weight is 151 g/mol. The molecule has 11 heavy (non-hydrogen) atoms. The lowest BCUT2D eigenvalue weighted by Gasteiger charge is -2.06. The molecule has 0 radical (unpaired) electrons. The lowest BCUT2D eigenvalue weighted by Crippen LogP contribution is -1.98. The molecule has 1 rings (SSSR count). The normalized spacial score (nSPS) is 10.1. The summed E-state index contributed by atoms with van der Waals surface area (Å²) in [7, 11) is 0. The van der Waals surface area contributed by atoms with Crippen LogP contribution in [0.5, 0.6) is 0 Å². The third kappa shape index (κ3) is 1.57. The van der Waals surface area contributed by atoms with Crippen LogP contribution in [0.4, 0.5) is 0 Å². The summed E-state index contributed by atoms with van der Waals surface area (Å²) in [6, 6.07) is 1.97. The molecule has 0 atom stereocenters. The summed E-state index contributed by atoms with van der Waals surface area (Å²) in [5.74, 6) is 0. The highest BCUT2D eigenvalue weighted by molar-refractivity contribution is 5.28. The Balaban J connectivity index is 3.13. The van der Waals surface area contributed by atoms with Crippen molar-refractivity contribution in [1.29, 1.82) is 0 Å². The summed E-state index contributed by atoms with van der Waals surface area (Å²) in [5.41, 5.74) is 3.20. The Morgan fingerprint density at radius 3 is 2.73 bits per heavy atom. The van der Waals surface area contributed by atoms with Gasteiger partial charge in [-0.25, -0.2) is 0 Å². The fraction of sp³-hybridized carbons (Fsp3) is 0.444. The van der Waals surface area contributed by atoms with Crippen LogP contribution in [0.15, 0.2) is 12.3 Å². The Labute approximate surface area is 66.9 Å². The molecule has 0 bridgehead atoms. The smallest absolute Gasteiger partial charge is 0.0855 e. The van der Waals surface area contributed by atoms with Crippen molar-refractivity contribution in [2.75, 3.05) is 0 Å². The lowest BCUT2D eigenvalue weighted by molar-refractivity contribution is 0.275. The van der Waals surface area contributed by atoms with E-state index >= 15 is 0 Å². The highest BCUT2D eigenvalue weighted by Crippen LogP contribution is 2.11. The molecule has 1 aromatic rings. The fourth-order valence-corrected chi connectivity index (χ4v) is 1.26. The van der Waals surface area contributed by atoms with E-state index in [1.165, 1.54) is 11.1 Å². The number of pyridine rings is 1. The predicted octanol–water partition coefficient (Wildman–Crippen LogP) is 1.44. The molecule has 1 aromatic heterocycles. The van der Waals surface area contributed by atoms with Gasteiger partial charge in [-0.1, -0.05) is 6.92 Å². The Morgan fingerprint density at radius 1 is 1.55 bits per heavy atom. The summed E-state index contributed by atoms with van der Waals surface area (Å²) in [6.07, 6.45) is 2.68. The SMILES string of the molecule is CCc1c(C)ccnc1CO. The van der Waals surface area contributed by atoms with Crippen molar-refractivity contribution < 1.29 is 5.11 Å². The van der Waals surface area contributed by atoms with E-state index in [1.807, 2.05) is 13.0 Å². The zero-order chi connectivity index (χ0) is 8.27. The van der Waals surface area contributed by atoms with Gasteiger partial charge in [0.1, 0.15) is 0 Å². The van der Waals surface area contributed by atoms with E-state index in [0.717, 1.165) is 12.1 Å². The average Bonchev–Trinajstić information content (AvgIpc) is 2.04. The number of aryl methyl sites for hydroxylation is 1. The van der Waals surface area contributed by atoms with Crippen molar-refractivity contribution in [3.05, 3.63) is 29.1 Å². The van der Waals surface area contributed by atoms with E-state index in [9.17, 15) is 0 Å². The molecule has 60 valence electrons. The largest absolute Gasteiger partial charge is 0.390 e. The molecule has 0 fully saturated rings. The number of aliphatic hydroxyl groups excluding tert-OH is 1. The third-order valence-corrected chi connectivity index (χ3v) is 1.88. The number of aromatic nitrogens is 1. The summed E-state index contributed by atoms with van der Waals surface area (Å²) in [6.45, 7) is 4.16. The van der Waals surface area contributed by atoms with Crippen molar-refractivity contribution >= 4 is 0 Å². The van der Waals surface area contributed by atoms with Gasteiger partial charge >= 0.3 is 0 Å². The van der Waals surface area contributed by atoms with Gasteiger partial charge in [0.15, 0.2) is 0 Å². The van der Waals surface area contributed by atoms with Crippen molar-refractivity contribution in [1.82, 2.24) is 4.98 Å². The molecule has 0 amide bonds. The van der Waals surface area contributed by atoms with E-state index < -0.39 is 0 Å². The molecule has 0 saturated heterocycles. The second-order valence-corrected chi connectivity index (χ2v) is 2.56. The third-order valence-electron chi connectivity index (χ3n) is 1.88. The highest BCUT2D eigenvalue weighted by Gasteiger charge is 2.02. The van der Waals surface area contributed by atoms with Gasteiger partial charge in [-0.2, -0.15) is 0 Å². The zero-order valence-electron chi connectivity index (χ0n) is 6.96. The van der Waals surface area contributed by atoms with Gasteiger partial charge < -0.3 is 5.11 Å². The second-order valence-electron chi connectivity index (χ2n) is 2.56. The van der Waals surface area contributed by atoms with Crippen LogP contribution >= 0.6 is 0 Å². The maximum Gasteiger partial charge on any atom is 0.0855 e. The molecule has 0 aromatic carbocycles. The van der Waals surface area contributed by atoms with E-state index in [2.05, 4.69) is 11.9 Å². The van der Waals surface area contributed by atoms with E-state index in [4.69, 9.17) is 5.11 Å². The molecule has 2 nitrogen and oxygen atoms in total. The van der Waals surface area contributed by atoms with Crippen LogP contribution in [0.3, 0.4) is 0 Å². The number of aliphatic hydroxyl groups is 1. The van der Waals surface area contributed by atoms with Gasteiger partial charge in [0.2, 0.25) is 0 Å². The standard InChI is InChI=1S/C9H13NO/c1-3-8-7(2)4-5-10-9(8)6-11/h4-5,11H,3,6H2,1-2H3. The molecular weight excluding hydrogens is 138 g/mol. The minimum absolute atomic E-state index is 0.0465. The van der Waals surface area contributed by atoms with Gasteiger partial charge in [0, 0.05) is 6.20 Å². The van der Waals surface area contributed by atoms with Gasteiger partial charge in [-0.05, 0) is 30.5 Å². The van der Waals surface area contributed by atoms with Crippen LogP contribution in [0.25, 0.3) is 0 Å². The first-order valence-electron chi connectivity index (χ1n) is 3.83. The molecule has 0 aliphatic heterocycles. The van der Waals surface area contributed by atoms with Crippen LogP contribution in [0.2, 0.25) is 0 Å². The molecular formula is C9H13NO. The molecule has 0 aliphatic rings. The predicted molar refractivity (Wildman–Crippen MR) is 44.3 cm³/mol. The molecule has 0 aliphatic carbocycles. The lowest BCUT2D eigenvalue weighted by atomic mass is 10.1. The minimum atomic E-state index is 0.0465. The maximum atomic E-state index is 8.91. The van der Waals surface area contributed by atoms with Crippen molar-refractivity contribution in [3.63, 3.8) is 0 Å². The molecule has 0 spiro atoms. The molecule has 2 heteroatoms. The first-order valence-corrected chi connectivity index (χ1v) is 3.83. The Bertz CT molecular complexity index is 245. The van der Waals surface area contributed by atoms with Crippen molar-refractivity contribution in [3.8, 4) is 0 Å². The first-order chi connectivity index (χ1) is 5.29. The number of hydrogen-bond donors (Lipinski definition) is 1. The van der Waals surface area contributed by atoms with Crippen molar-refractivity contribution in [2.45, 2.75) is 26.9 Å². The summed E-state index contributed by atoms with van der Waals surface area (Å²) >= 11 is 0. The Kier molecular flexibility index (Phi) is 2.60. The van der Waals surface area contributed by atoms with E-state index in [0.29, 0.717) is 0 Å². The monoisotopic (exact) mass is 151 g/mol. The summed E-state index contributed by atoms with van der Waals surface area (Å²) in [4.78, 5) is 4.08. The van der Waals surface area contributed by atoms with E-state index in [1.54, 1.807) is 6.20 Å². The number of hydrogen-bond acceptors (Lipinski definition) is 2. The molecule has 0 saturated carbocycles. The first kappa shape index (κ1) is 8.21. The molecule has 1 heterocycles. The summed E-state index contributed by atoms with van der Waals surface area (Å²) < 4.78 is 0.